The second-order valence-corrected chi connectivity index (χ2v) is 5.98. The van der Waals surface area contributed by atoms with Crippen molar-refractivity contribution in [2.45, 2.75) is 0 Å². The number of H-pyrrole nitrogens is 2. The topological polar surface area (TPSA) is 87.3 Å². The zero-order valence-electron chi connectivity index (χ0n) is 13.6. The third-order valence-electron chi connectivity index (χ3n) is 4.30. The van der Waals surface area contributed by atoms with Crippen molar-refractivity contribution in [2.24, 2.45) is 0 Å². The van der Waals surface area contributed by atoms with E-state index in [1.807, 2.05) is 48.5 Å². The van der Waals surface area contributed by atoms with Gasteiger partial charge >= 0.3 is 0 Å². The minimum Gasteiger partial charge on any atom is -0.345 e. The van der Waals surface area contributed by atoms with Crippen molar-refractivity contribution in [3.63, 3.8) is 0 Å². The molecule has 5 rings (SSSR count). The molecule has 0 saturated heterocycles. The van der Waals surface area contributed by atoms with Gasteiger partial charge in [-0.3, -0.25) is 4.79 Å². The minimum absolute atomic E-state index is 0.197. The Balaban J connectivity index is 1.84. The van der Waals surface area contributed by atoms with Crippen LogP contribution in [0.5, 0.6) is 0 Å². The lowest BCUT2D eigenvalue weighted by Crippen LogP contribution is -2.06. The molecule has 3 heterocycles. The molecule has 0 spiro atoms. The fraction of sp³-hybridized carbons (Fsp3) is 0. The van der Waals surface area contributed by atoms with Crippen molar-refractivity contribution in [3.05, 3.63) is 77.3 Å². The summed E-state index contributed by atoms with van der Waals surface area (Å²) < 4.78 is 0. The molecule has 0 saturated carbocycles. The van der Waals surface area contributed by atoms with Gasteiger partial charge in [-0.15, -0.1) is 0 Å². The van der Waals surface area contributed by atoms with Crippen LogP contribution in [0.1, 0.15) is 0 Å². The first-order valence-corrected chi connectivity index (χ1v) is 8.18. The molecular formula is C20H13N5O. The molecule has 5 aromatic rings. The Morgan fingerprint density at radius 1 is 0.769 bits per heavy atom. The maximum atomic E-state index is 11.7. The van der Waals surface area contributed by atoms with Crippen molar-refractivity contribution >= 4 is 22.2 Å². The molecule has 0 unspecified atom stereocenters. The van der Waals surface area contributed by atoms with Gasteiger partial charge in [0.25, 0.3) is 0 Å². The van der Waals surface area contributed by atoms with E-state index in [0.29, 0.717) is 11.2 Å². The summed E-state index contributed by atoms with van der Waals surface area (Å²) in [5.41, 5.74) is 6.10. The lowest BCUT2D eigenvalue weighted by Gasteiger charge is -2.10. The Bertz CT molecular complexity index is 1300. The predicted molar refractivity (Wildman–Crippen MR) is 101 cm³/mol. The van der Waals surface area contributed by atoms with E-state index in [0.717, 1.165) is 33.5 Å². The van der Waals surface area contributed by atoms with Crippen LogP contribution in [-0.4, -0.2) is 24.9 Å². The maximum Gasteiger partial charge on any atom is 0.249 e. The number of aromatic nitrogens is 5. The average Bonchev–Trinajstić information content (AvgIpc) is 3.15. The lowest BCUT2D eigenvalue weighted by atomic mass is 10.0. The molecular weight excluding hydrogens is 326 g/mol. The van der Waals surface area contributed by atoms with E-state index in [4.69, 9.17) is 9.97 Å². The molecule has 0 amide bonds. The molecule has 0 bridgehead atoms. The number of hydrogen-bond donors (Lipinski definition) is 2. The van der Waals surface area contributed by atoms with E-state index in [2.05, 4.69) is 15.0 Å². The van der Waals surface area contributed by atoms with Crippen LogP contribution >= 0.6 is 0 Å². The molecule has 124 valence electrons. The van der Waals surface area contributed by atoms with Crippen LogP contribution in [0.2, 0.25) is 0 Å². The van der Waals surface area contributed by atoms with E-state index in [9.17, 15) is 4.79 Å². The molecule has 0 atom stereocenters. The highest BCUT2D eigenvalue weighted by Crippen LogP contribution is 2.31. The molecule has 3 aromatic heterocycles. The fourth-order valence-corrected chi connectivity index (χ4v) is 3.05. The molecule has 0 aliphatic carbocycles. The molecule has 2 N–H and O–H groups in total. The van der Waals surface area contributed by atoms with Gasteiger partial charge in [0.1, 0.15) is 5.52 Å². The van der Waals surface area contributed by atoms with E-state index < -0.39 is 0 Å². The van der Waals surface area contributed by atoms with Crippen LogP contribution in [0.4, 0.5) is 0 Å². The third-order valence-corrected chi connectivity index (χ3v) is 4.30. The molecule has 0 aliphatic rings. The summed E-state index contributed by atoms with van der Waals surface area (Å²) in [7, 11) is 0. The zero-order valence-corrected chi connectivity index (χ0v) is 13.6. The third kappa shape index (κ3) is 2.36. The van der Waals surface area contributed by atoms with Gasteiger partial charge in [-0.05, 0) is 18.2 Å². The number of nitrogens with zero attached hydrogens (tertiary/aromatic N) is 3. The normalized spacial score (nSPS) is 11.2. The van der Waals surface area contributed by atoms with Gasteiger partial charge in [-0.25, -0.2) is 15.0 Å². The van der Waals surface area contributed by atoms with Gasteiger partial charge in [0.05, 0.1) is 28.7 Å². The van der Waals surface area contributed by atoms with Gasteiger partial charge in [0, 0.05) is 17.2 Å². The summed E-state index contributed by atoms with van der Waals surface area (Å²) in [4.78, 5) is 31.3. The number of benzene rings is 2. The molecule has 0 radical (unpaired) electrons. The summed E-state index contributed by atoms with van der Waals surface area (Å²) in [6.07, 6.45) is 1.67. The number of imidazole rings is 1. The van der Waals surface area contributed by atoms with E-state index in [1.165, 1.54) is 6.07 Å². The number of rotatable bonds is 2. The number of pyridine rings is 1. The summed E-state index contributed by atoms with van der Waals surface area (Å²) in [5, 5.41) is 0. The average molecular weight is 339 g/mol. The van der Waals surface area contributed by atoms with Crippen molar-refractivity contribution in [1.29, 1.82) is 0 Å². The highest BCUT2D eigenvalue weighted by atomic mass is 16.1. The first-order chi connectivity index (χ1) is 12.8. The number of fused-ring (bicyclic) bond motifs is 2. The molecule has 0 aliphatic heterocycles. The Morgan fingerprint density at radius 3 is 2.46 bits per heavy atom. The molecule has 2 aromatic carbocycles. The second kappa shape index (κ2) is 5.63. The lowest BCUT2D eigenvalue weighted by molar-refractivity contribution is 1.19. The highest BCUT2D eigenvalue weighted by molar-refractivity contribution is 5.88. The van der Waals surface area contributed by atoms with Gasteiger partial charge in [-0.2, -0.15) is 0 Å². The van der Waals surface area contributed by atoms with Gasteiger partial charge in [-0.1, -0.05) is 36.4 Å². The summed E-state index contributed by atoms with van der Waals surface area (Å²) in [5.74, 6) is 0. The van der Waals surface area contributed by atoms with Crippen LogP contribution in [0.3, 0.4) is 0 Å². The van der Waals surface area contributed by atoms with Crippen molar-refractivity contribution < 1.29 is 0 Å². The van der Waals surface area contributed by atoms with Gasteiger partial charge < -0.3 is 9.97 Å². The van der Waals surface area contributed by atoms with E-state index in [-0.39, 0.29) is 5.56 Å². The smallest absolute Gasteiger partial charge is 0.249 e. The quantitative estimate of drug-likeness (QED) is 0.515. The zero-order chi connectivity index (χ0) is 17.5. The highest BCUT2D eigenvalue weighted by Gasteiger charge is 2.14. The summed E-state index contributed by atoms with van der Waals surface area (Å²) in [6, 6.07) is 18.9. The number of aromatic amines is 2. The summed E-state index contributed by atoms with van der Waals surface area (Å²) in [6.45, 7) is 0. The van der Waals surface area contributed by atoms with Crippen molar-refractivity contribution in [3.8, 4) is 22.5 Å². The number of nitrogens with one attached hydrogen (secondary N) is 2. The summed E-state index contributed by atoms with van der Waals surface area (Å²) >= 11 is 0. The Labute approximate surface area is 147 Å². The first kappa shape index (κ1) is 14.5. The van der Waals surface area contributed by atoms with Crippen LogP contribution in [-0.2, 0) is 0 Å². The van der Waals surface area contributed by atoms with Crippen molar-refractivity contribution in [2.75, 3.05) is 0 Å². The van der Waals surface area contributed by atoms with E-state index >= 15 is 0 Å². The monoisotopic (exact) mass is 339 g/mol. The fourth-order valence-electron chi connectivity index (χ4n) is 3.05. The second-order valence-electron chi connectivity index (χ2n) is 5.98. The SMILES string of the molecule is O=c1ccc2nc(-c3ccc4nc[nH]c4c3)c(-c3ccccc3)nc2[nH]1. The Kier molecular flexibility index (Phi) is 3.15. The van der Waals surface area contributed by atoms with Crippen molar-refractivity contribution in [1.82, 2.24) is 24.9 Å². The Morgan fingerprint density at radius 2 is 1.58 bits per heavy atom. The van der Waals surface area contributed by atoms with Gasteiger partial charge in [0.2, 0.25) is 5.56 Å². The molecule has 6 heteroatoms. The molecule has 26 heavy (non-hydrogen) atoms. The van der Waals surface area contributed by atoms with Crippen LogP contribution < -0.4 is 5.56 Å². The first-order valence-electron chi connectivity index (χ1n) is 8.18. The molecule has 0 fully saturated rings. The van der Waals surface area contributed by atoms with E-state index in [1.54, 1.807) is 12.4 Å². The Hall–Kier alpha value is -3.80. The minimum atomic E-state index is -0.197. The van der Waals surface area contributed by atoms with Crippen LogP contribution in [0.25, 0.3) is 44.7 Å². The molecule has 6 nitrogen and oxygen atoms in total. The van der Waals surface area contributed by atoms with Crippen LogP contribution in [0.15, 0.2) is 71.8 Å². The standard InChI is InChI=1S/C20H13N5O/c26-17-9-8-15-20(24-17)25-18(12-4-2-1-3-5-12)19(23-15)13-6-7-14-16(10-13)22-11-21-14/h1-11H,(H,21,22)(H,24,25,26). The maximum absolute atomic E-state index is 11.7. The largest absolute Gasteiger partial charge is 0.345 e. The van der Waals surface area contributed by atoms with Crippen LogP contribution in [0, 0.1) is 0 Å². The number of hydrogen-bond acceptors (Lipinski definition) is 4. The van der Waals surface area contributed by atoms with Gasteiger partial charge in [0.15, 0.2) is 5.65 Å². The predicted octanol–water partition coefficient (Wildman–Crippen LogP) is 3.53.